The maximum atomic E-state index is 12.0. The van der Waals surface area contributed by atoms with Gasteiger partial charge < -0.3 is 10.4 Å². The van der Waals surface area contributed by atoms with Crippen molar-refractivity contribution < 1.29 is 14.7 Å². The number of carbonyl (C=O) groups is 2. The molecule has 0 saturated carbocycles. The van der Waals surface area contributed by atoms with Gasteiger partial charge in [0.15, 0.2) is 0 Å². The molecule has 1 aliphatic heterocycles. The maximum absolute atomic E-state index is 12.0. The summed E-state index contributed by atoms with van der Waals surface area (Å²) >= 11 is 1.71. The number of hydrogen-bond acceptors (Lipinski definition) is 4. The van der Waals surface area contributed by atoms with Gasteiger partial charge in [0.2, 0.25) is 0 Å². The fourth-order valence-electron chi connectivity index (χ4n) is 1.94. The number of aryl methyl sites for hydroxylation is 1. The van der Waals surface area contributed by atoms with Crippen LogP contribution in [0.2, 0.25) is 0 Å². The number of amides is 1. The van der Waals surface area contributed by atoms with Crippen LogP contribution in [0.15, 0.2) is 12.4 Å². The lowest BCUT2D eigenvalue weighted by Crippen LogP contribution is -2.56. The number of nitrogens with one attached hydrogen (secondary N) is 1. The Bertz CT molecular complexity index is 466. The van der Waals surface area contributed by atoms with Crippen LogP contribution in [0, 0.1) is 0 Å². The normalized spacial score (nSPS) is 18.3. The van der Waals surface area contributed by atoms with Gasteiger partial charge in [0.25, 0.3) is 5.91 Å². The lowest BCUT2D eigenvalue weighted by Gasteiger charge is -2.33. The van der Waals surface area contributed by atoms with Gasteiger partial charge in [-0.2, -0.15) is 16.9 Å². The van der Waals surface area contributed by atoms with Crippen LogP contribution < -0.4 is 5.32 Å². The largest absolute Gasteiger partial charge is 0.480 e. The van der Waals surface area contributed by atoms with E-state index < -0.39 is 11.5 Å². The summed E-state index contributed by atoms with van der Waals surface area (Å²) in [6.45, 7) is 0. The quantitative estimate of drug-likeness (QED) is 0.834. The molecule has 0 atom stereocenters. The molecule has 0 bridgehead atoms. The summed E-state index contributed by atoms with van der Waals surface area (Å²) in [7, 11) is 1.71. The molecule has 1 saturated heterocycles. The number of carboxylic acid groups (broad SMARTS) is 1. The Balaban J connectivity index is 2.14. The number of nitrogens with zero attached hydrogens (tertiary/aromatic N) is 2. The Morgan fingerprint density at radius 2 is 2.17 bits per heavy atom. The first-order valence-corrected chi connectivity index (χ1v) is 6.81. The van der Waals surface area contributed by atoms with Gasteiger partial charge in [-0.3, -0.25) is 9.48 Å². The Labute approximate surface area is 109 Å². The van der Waals surface area contributed by atoms with Crippen molar-refractivity contribution in [3.8, 4) is 0 Å². The van der Waals surface area contributed by atoms with Crippen molar-refractivity contribution in [3.63, 3.8) is 0 Å². The molecule has 6 nitrogen and oxygen atoms in total. The van der Waals surface area contributed by atoms with Crippen LogP contribution in [-0.4, -0.2) is 43.8 Å². The topological polar surface area (TPSA) is 84.2 Å². The smallest absolute Gasteiger partial charge is 0.329 e. The van der Waals surface area contributed by atoms with Gasteiger partial charge in [-0.15, -0.1) is 0 Å². The van der Waals surface area contributed by atoms with E-state index in [1.54, 1.807) is 25.0 Å². The van der Waals surface area contributed by atoms with Crippen LogP contribution in [0.1, 0.15) is 23.2 Å². The van der Waals surface area contributed by atoms with Crippen molar-refractivity contribution in [2.45, 2.75) is 18.4 Å². The number of carboxylic acids is 1. The average molecular weight is 269 g/mol. The van der Waals surface area contributed by atoms with E-state index >= 15 is 0 Å². The maximum Gasteiger partial charge on any atom is 0.329 e. The highest BCUT2D eigenvalue weighted by atomic mass is 32.2. The first kappa shape index (κ1) is 12.9. The number of aromatic nitrogens is 2. The number of thioether (sulfide) groups is 1. The fraction of sp³-hybridized carbons (Fsp3) is 0.545. The third-order valence-electron chi connectivity index (χ3n) is 3.08. The minimum Gasteiger partial charge on any atom is -0.480 e. The molecule has 0 spiro atoms. The van der Waals surface area contributed by atoms with Crippen LogP contribution in [0.25, 0.3) is 0 Å². The van der Waals surface area contributed by atoms with Gasteiger partial charge in [-0.1, -0.05) is 0 Å². The molecule has 0 aromatic carbocycles. The summed E-state index contributed by atoms with van der Waals surface area (Å²) in [6.07, 6.45) is 3.92. The third-order valence-corrected chi connectivity index (χ3v) is 4.06. The summed E-state index contributed by atoms with van der Waals surface area (Å²) in [5.74, 6) is 0.164. The monoisotopic (exact) mass is 269 g/mol. The second kappa shape index (κ2) is 5.01. The second-order valence-corrected chi connectivity index (χ2v) is 5.58. The molecule has 1 aliphatic rings. The third kappa shape index (κ3) is 2.50. The minimum atomic E-state index is -1.13. The van der Waals surface area contributed by atoms with Crippen LogP contribution in [-0.2, 0) is 11.8 Å². The Morgan fingerprint density at radius 3 is 2.67 bits per heavy atom. The zero-order valence-electron chi connectivity index (χ0n) is 10.0. The van der Waals surface area contributed by atoms with E-state index in [1.807, 2.05) is 0 Å². The molecule has 18 heavy (non-hydrogen) atoms. The van der Waals surface area contributed by atoms with Crippen molar-refractivity contribution in [1.29, 1.82) is 0 Å². The molecular formula is C11H15N3O3S. The van der Waals surface area contributed by atoms with Crippen LogP contribution in [0.3, 0.4) is 0 Å². The highest BCUT2D eigenvalue weighted by molar-refractivity contribution is 7.99. The second-order valence-electron chi connectivity index (χ2n) is 4.36. The van der Waals surface area contributed by atoms with E-state index in [1.165, 1.54) is 10.9 Å². The van der Waals surface area contributed by atoms with E-state index in [0.717, 1.165) is 11.5 Å². The van der Waals surface area contributed by atoms with E-state index in [9.17, 15) is 14.7 Å². The van der Waals surface area contributed by atoms with Gasteiger partial charge in [-0.05, 0) is 24.3 Å². The van der Waals surface area contributed by atoms with E-state index in [4.69, 9.17) is 0 Å². The van der Waals surface area contributed by atoms with E-state index in [0.29, 0.717) is 18.4 Å². The predicted octanol–water partition coefficient (Wildman–Crippen LogP) is 0.500. The lowest BCUT2D eigenvalue weighted by atomic mass is 9.92. The van der Waals surface area contributed by atoms with Gasteiger partial charge in [0, 0.05) is 13.2 Å². The highest BCUT2D eigenvalue weighted by Crippen LogP contribution is 2.27. The van der Waals surface area contributed by atoms with Crippen molar-refractivity contribution >= 4 is 23.6 Å². The van der Waals surface area contributed by atoms with Gasteiger partial charge in [0.05, 0.1) is 11.8 Å². The molecule has 1 fully saturated rings. The van der Waals surface area contributed by atoms with Crippen LogP contribution in [0.5, 0.6) is 0 Å². The van der Waals surface area contributed by atoms with E-state index in [2.05, 4.69) is 10.4 Å². The van der Waals surface area contributed by atoms with Crippen molar-refractivity contribution in [1.82, 2.24) is 15.1 Å². The van der Waals surface area contributed by atoms with Crippen LogP contribution in [0.4, 0.5) is 0 Å². The first-order valence-electron chi connectivity index (χ1n) is 5.66. The van der Waals surface area contributed by atoms with Gasteiger partial charge >= 0.3 is 5.97 Å². The molecule has 1 amide bonds. The first-order chi connectivity index (χ1) is 8.53. The highest BCUT2D eigenvalue weighted by Gasteiger charge is 2.41. The molecule has 98 valence electrons. The Hall–Kier alpha value is -1.50. The molecular weight excluding hydrogens is 254 g/mol. The molecule has 1 aromatic heterocycles. The summed E-state index contributed by atoms with van der Waals surface area (Å²) in [5, 5.41) is 15.9. The summed E-state index contributed by atoms with van der Waals surface area (Å²) < 4.78 is 1.51. The Kier molecular flexibility index (Phi) is 3.60. The number of hydrogen-bond donors (Lipinski definition) is 2. The molecule has 0 radical (unpaired) electrons. The number of carbonyl (C=O) groups excluding carboxylic acids is 1. The molecule has 2 heterocycles. The molecule has 0 unspecified atom stereocenters. The number of aliphatic carboxylic acids is 1. The van der Waals surface area contributed by atoms with E-state index in [-0.39, 0.29) is 5.91 Å². The zero-order chi connectivity index (χ0) is 13.2. The Morgan fingerprint density at radius 1 is 1.50 bits per heavy atom. The lowest BCUT2D eigenvalue weighted by molar-refractivity contribution is -0.144. The zero-order valence-corrected chi connectivity index (χ0v) is 10.9. The minimum absolute atomic E-state index is 0.377. The predicted molar refractivity (Wildman–Crippen MR) is 67.6 cm³/mol. The average Bonchev–Trinajstić information content (AvgIpc) is 2.77. The van der Waals surface area contributed by atoms with Crippen LogP contribution >= 0.6 is 11.8 Å². The summed E-state index contributed by atoms with van der Waals surface area (Å²) in [5.41, 5.74) is -0.741. The molecule has 1 aromatic rings. The van der Waals surface area contributed by atoms with Crippen molar-refractivity contribution in [3.05, 3.63) is 18.0 Å². The molecule has 0 aliphatic carbocycles. The standard InChI is InChI=1S/C11H15N3O3S/c1-14-7-8(6-12-14)9(15)13-11(10(16)17)2-4-18-5-3-11/h6-7H,2-5H2,1H3,(H,13,15)(H,16,17). The fourth-order valence-corrected chi connectivity index (χ4v) is 3.13. The summed E-state index contributed by atoms with van der Waals surface area (Å²) in [4.78, 5) is 23.4. The number of rotatable bonds is 3. The van der Waals surface area contributed by atoms with Crippen molar-refractivity contribution in [2.75, 3.05) is 11.5 Å². The molecule has 2 rings (SSSR count). The van der Waals surface area contributed by atoms with Gasteiger partial charge in [0.1, 0.15) is 5.54 Å². The van der Waals surface area contributed by atoms with Crippen molar-refractivity contribution in [2.24, 2.45) is 7.05 Å². The summed E-state index contributed by atoms with van der Waals surface area (Å²) in [6, 6.07) is 0. The molecule has 7 heteroatoms. The SMILES string of the molecule is Cn1cc(C(=O)NC2(C(=O)O)CCSCC2)cn1. The molecule has 2 N–H and O–H groups in total. The van der Waals surface area contributed by atoms with Gasteiger partial charge in [-0.25, -0.2) is 4.79 Å².